The molecule has 0 spiro atoms. The number of rotatable bonds is 3. The lowest BCUT2D eigenvalue weighted by Gasteiger charge is -2.29. The van der Waals surface area contributed by atoms with E-state index < -0.39 is 4.92 Å². The third-order valence-electron chi connectivity index (χ3n) is 3.82. The molecule has 2 atom stereocenters. The maximum absolute atomic E-state index is 10.8. The first-order chi connectivity index (χ1) is 9.63. The van der Waals surface area contributed by atoms with Gasteiger partial charge in [0.15, 0.2) is 0 Å². The Labute approximate surface area is 115 Å². The fourth-order valence-electron chi connectivity index (χ4n) is 2.69. The molecule has 20 heavy (non-hydrogen) atoms. The van der Waals surface area contributed by atoms with E-state index in [1.54, 1.807) is 6.07 Å². The first kappa shape index (κ1) is 12.9. The Morgan fingerprint density at radius 1 is 1.40 bits per heavy atom. The van der Waals surface area contributed by atoms with Gasteiger partial charge in [0.1, 0.15) is 0 Å². The molecular formula is C13H17N5O2. The van der Waals surface area contributed by atoms with E-state index in [9.17, 15) is 10.1 Å². The lowest BCUT2D eigenvalue weighted by atomic mass is 9.91. The molecule has 1 aliphatic rings. The highest BCUT2D eigenvalue weighted by molar-refractivity contribution is 5.79. The Morgan fingerprint density at radius 2 is 2.20 bits per heavy atom. The minimum Gasteiger partial charge on any atom is -0.352 e. The number of anilines is 1. The molecule has 1 fully saturated rings. The molecule has 0 radical (unpaired) electrons. The van der Waals surface area contributed by atoms with Crippen molar-refractivity contribution >= 4 is 22.7 Å². The predicted molar refractivity (Wildman–Crippen MR) is 76.6 cm³/mol. The van der Waals surface area contributed by atoms with Gasteiger partial charge in [0, 0.05) is 24.2 Å². The number of nitrogens with zero attached hydrogens (tertiary/aromatic N) is 2. The molecule has 0 saturated heterocycles. The van der Waals surface area contributed by atoms with Crippen LogP contribution in [-0.2, 0) is 0 Å². The fraction of sp³-hybridized carbons (Fsp3) is 0.462. The van der Waals surface area contributed by atoms with Crippen LogP contribution in [0.4, 0.5) is 11.6 Å². The van der Waals surface area contributed by atoms with Crippen molar-refractivity contribution in [3.05, 3.63) is 28.3 Å². The average Bonchev–Trinajstić information content (AvgIpc) is 2.82. The number of aromatic amines is 1. The number of hydrogen-bond acceptors (Lipinski definition) is 5. The number of aromatic nitrogens is 2. The fourth-order valence-corrected chi connectivity index (χ4v) is 2.69. The maximum atomic E-state index is 10.8. The maximum Gasteiger partial charge on any atom is 0.271 e. The van der Waals surface area contributed by atoms with Gasteiger partial charge in [-0.05, 0) is 18.9 Å². The van der Waals surface area contributed by atoms with E-state index in [1.165, 1.54) is 18.6 Å². The molecule has 0 aliphatic heterocycles. The summed E-state index contributed by atoms with van der Waals surface area (Å²) in [5.41, 5.74) is 7.52. The highest BCUT2D eigenvalue weighted by Crippen LogP contribution is 2.23. The first-order valence-corrected chi connectivity index (χ1v) is 6.80. The number of nitro groups is 1. The van der Waals surface area contributed by atoms with Crippen LogP contribution in [-0.4, -0.2) is 27.0 Å². The van der Waals surface area contributed by atoms with Crippen LogP contribution in [0.15, 0.2) is 18.2 Å². The predicted octanol–water partition coefficient (Wildman–Crippen LogP) is 2.15. The number of hydrogen-bond donors (Lipinski definition) is 3. The molecular weight excluding hydrogens is 258 g/mol. The van der Waals surface area contributed by atoms with Crippen molar-refractivity contribution in [1.82, 2.24) is 9.97 Å². The highest BCUT2D eigenvalue weighted by Gasteiger charge is 2.22. The Balaban J connectivity index is 1.83. The first-order valence-electron chi connectivity index (χ1n) is 6.80. The Bertz CT molecular complexity index is 639. The molecule has 1 saturated carbocycles. The summed E-state index contributed by atoms with van der Waals surface area (Å²) in [6.07, 6.45) is 4.38. The van der Waals surface area contributed by atoms with Crippen molar-refractivity contribution in [3.63, 3.8) is 0 Å². The molecule has 2 aromatic rings. The number of H-pyrrole nitrogens is 1. The number of non-ortho nitro benzene ring substituents is 1. The van der Waals surface area contributed by atoms with Gasteiger partial charge in [0.05, 0.1) is 16.0 Å². The van der Waals surface area contributed by atoms with E-state index in [-0.39, 0.29) is 17.8 Å². The summed E-state index contributed by atoms with van der Waals surface area (Å²) in [5.74, 6) is 0.628. The topological polar surface area (TPSA) is 110 Å². The van der Waals surface area contributed by atoms with E-state index in [2.05, 4.69) is 15.3 Å². The van der Waals surface area contributed by atoms with Crippen LogP contribution in [0.1, 0.15) is 25.7 Å². The average molecular weight is 275 g/mol. The third-order valence-corrected chi connectivity index (χ3v) is 3.82. The second-order valence-corrected chi connectivity index (χ2v) is 5.24. The smallest absolute Gasteiger partial charge is 0.271 e. The van der Waals surface area contributed by atoms with Crippen LogP contribution >= 0.6 is 0 Å². The SMILES string of the molecule is N[C@@H]1CCCC[C@H]1Nc1nc2ccc([N+](=O)[O-])cc2[nH]1. The zero-order chi connectivity index (χ0) is 14.1. The Morgan fingerprint density at radius 3 is 2.95 bits per heavy atom. The van der Waals surface area contributed by atoms with Gasteiger partial charge < -0.3 is 16.0 Å². The van der Waals surface area contributed by atoms with E-state index in [0.29, 0.717) is 17.0 Å². The van der Waals surface area contributed by atoms with Crippen LogP contribution in [0, 0.1) is 10.1 Å². The minimum atomic E-state index is -0.412. The molecule has 7 nitrogen and oxygen atoms in total. The largest absolute Gasteiger partial charge is 0.352 e. The Kier molecular flexibility index (Phi) is 3.27. The van der Waals surface area contributed by atoms with Gasteiger partial charge in [-0.3, -0.25) is 10.1 Å². The molecule has 4 N–H and O–H groups in total. The number of fused-ring (bicyclic) bond motifs is 1. The van der Waals surface area contributed by atoms with Crippen LogP contribution in [0.3, 0.4) is 0 Å². The van der Waals surface area contributed by atoms with Gasteiger partial charge in [-0.25, -0.2) is 4.98 Å². The zero-order valence-electron chi connectivity index (χ0n) is 11.0. The number of imidazole rings is 1. The third kappa shape index (κ3) is 2.44. The normalized spacial score (nSPS) is 22.9. The van der Waals surface area contributed by atoms with Crippen LogP contribution in [0.5, 0.6) is 0 Å². The summed E-state index contributed by atoms with van der Waals surface area (Å²) < 4.78 is 0. The summed E-state index contributed by atoms with van der Waals surface area (Å²) in [5, 5.41) is 14.1. The number of benzene rings is 1. The van der Waals surface area contributed by atoms with Crippen molar-refractivity contribution in [1.29, 1.82) is 0 Å². The van der Waals surface area contributed by atoms with Crippen LogP contribution in [0.2, 0.25) is 0 Å². The number of nitro benzene ring substituents is 1. The molecule has 106 valence electrons. The molecule has 1 aliphatic carbocycles. The molecule has 0 bridgehead atoms. The zero-order valence-corrected chi connectivity index (χ0v) is 11.0. The molecule has 1 aromatic carbocycles. The van der Waals surface area contributed by atoms with Crippen molar-refractivity contribution in [3.8, 4) is 0 Å². The van der Waals surface area contributed by atoms with Crippen molar-refractivity contribution in [2.75, 3.05) is 5.32 Å². The standard InChI is InChI=1S/C13H17N5O2/c14-9-3-1-2-4-10(9)15-13-16-11-6-5-8(18(19)20)7-12(11)17-13/h5-7,9-10H,1-4,14H2,(H2,15,16,17)/t9-,10-/m1/s1. The van der Waals surface area contributed by atoms with E-state index in [1.807, 2.05) is 0 Å². The molecule has 1 heterocycles. The van der Waals surface area contributed by atoms with Gasteiger partial charge in [0.2, 0.25) is 5.95 Å². The number of nitrogens with one attached hydrogen (secondary N) is 2. The van der Waals surface area contributed by atoms with E-state index >= 15 is 0 Å². The van der Waals surface area contributed by atoms with Gasteiger partial charge in [0.25, 0.3) is 5.69 Å². The van der Waals surface area contributed by atoms with E-state index in [0.717, 1.165) is 19.3 Å². The number of nitrogens with two attached hydrogens (primary N) is 1. The quantitative estimate of drug-likeness (QED) is 0.587. The second-order valence-electron chi connectivity index (χ2n) is 5.24. The summed E-state index contributed by atoms with van der Waals surface area (Å²) in [4.78, 5) is 17.8. The summed E-state index contributed by atoms with van der Waals surface area (Å²) >= 11 is 0. The Hall–Kier alpha value is -2.15. The van der Waals surface area contributed by atoms with Gasteiger partial charge in [-0.15, -0.1) is 0 Å². The monoisotopic (exact) mass is 275 g/mol. The molecule has 1 aromatic heterocycles. The van der Waals surface area contributed by atoms with Gasteiger partial charge >= 0.3 is 0 Å². The summed E-state index contributed by atoms with van der Waals surface area (Å²) in [7, 11) is 0. The van der Waals surface area contributed by atoms with E-state index in [4.69, 9.17) is 5.73 Å². The lowest BCUT2D eigenvalue weighted by molar-refractivity contribution is -0.384. The lowest BCUT2D eigenvalue weighted by Crippen LogP contribution is -2.42. The summed E-state index contributed by atoms with van der Waals surface area (Å²) in [6.45, 7) is 0. The van der Waals surface area contributed by atoms with Gasteiger partial charge in [-0.1, -0.05) is 12.8 Å². The molecule has 0 unspecified atom stereocenters. The molecule has 0 amide bonds. The van der Waals surface area contributed by atoms with Crippen molar-refractivity contribution < 1.29 is 4.92 Å². The van der Waals surface area contributed by atoms with Crippen molar-refractivity contribution in [2.45, 2.75) is 37.8 Å². The van der Waals surface area contributed by atoms with Gasteiger partial charge in [-0.2, -0.15) is 0 Å². The van der Waals surface area contributed by atoms with Crippen LogP contribution < -0.4 is 11.1 Å². The molecule has 7 heteroatoms. The summed E-state index contributed by atoms with van der Waals surface area (Å²) in [6, 6.07) is 4.94. The molecule has 3 rings (SSSR count). The highest BCUT2D eigenvalue weighted by atomic mass is 16.6. The van der Waals surface area contributed by atoms with Crippen molar-refractivity contribution in [2.24, 2.45) is 5.73 Å². The second kappa shape index (κ2) is 5.09. The van der Waals surface area contributed by atoms with Crippen LogP contribution in [0.25, 0.3) is 11.0 Å². The minimum absolute atomic E-state index is 0.0575.